The molecule has 2 fully saturated rings. The Morgan fingerprint density at radius 1 is 1.30 bits per heavy atom. The van der Waals surface area contributed by atoms with Crippen molar-refractivity contribution < 1.29 is 9.53 Å². The molecule has 1 N–H and O–H groups in total. The third-order valence-electron chi connectivity index (χ3n) is 4.05. The lowest BCUT2D eigenvalue weighted by Gasteiger charge is -2.16. The van der Waals surface area contributed by atoms with Gasteiger partial charge in [0, 0.05) is 30.9 Å². The number of likely N-dealkylation sites (tertiary alicyclic amines) is 1. The predicted molar refractivity (Wildman–Crippen MR) is 79.0 cm³/mol. The molecule has 1 aromatic carbocycles. The van der Waals surface area contributed by atoms with E-state index >= 15 is 0 Å². The Kier molecular flexibility index (Phi) is 3.92. The fourth-order valence-corrected chi connectivity index (χ4v) is 2.83. The fourth-order valence-electron chi connectivity index (χ4n) is 2.83. The van der Waals surface area contributed by atoms with Crippen molar-refractivity contribution in [3.05, 3.63) is 29.8 Å². The maximum Gasteiger partial charge on any atom is 0.338 e. The summed E-state index contributed by atoms with van der Waals surface area (Å²) in [5.74, 6) is -0.250. The smallest absolute Gasteiger partial charge is 0.338 e. The van der Waals surface area contributed by atoms with Crippen LogP contribution in [0.5, 0.6) is 0 Å². The number of ether oxygens (including phenoxy) is 1. The highest BCUT2D eigenvalue weighted by molar-refractivity contribution is 5.89. The number of rotatable bonds is 5. The number of anilines is 1. The number of hydrogen-bond donors (Lipinski definition) is 1. The van der Waals surface area contributed by atoms with E-state index in [0.717, 1.165) is 18.3 Å². The average Bonchev–Trinajstić information content (AvgIpc) is 3.21. The van der Waals surface area contributed by atoms with Gasteiger partial charge in [-0.2, -0.15) is 0 Å². The minimum absolute atomic E-state index is 0.250. The van der Waals surface area contributed by atoms with Crippen molar-refractivity contribution in [2.75, 3.05) is 25.0 Å². The molecule has 4 nitrogen and oxygen atoms in total. The Bertz CT molecular complexity index is 468. The van der Waals surface area contributed by atoms with Crippen LogP contribution in [0.1, 0.15) is 36.5 Å². The lowest BCUT2D eigenvalue weighted by Crippen LogP contribution is -2.27. The van der Waals surface area contributed by atoms with Gasteiger partial charge in [0.1, 0.15) is 0 Å². The quantitative estimate of drug-likeness (QED) is 0.838. The van der Waals surface area contributed by atoms with Gasteiger partial charge in [-0.25, -0.2) is 4.79 Å². The van der Waals surface area contributed by atoms with Gasteiger partial charge in [0.15, 0.2) is 0 Å². The van der Waals surface area contributed by atoms with Gasteiger partial charge in [0.05, 0.1) is 12.2 Å². The third-order valence-corrected chi connectivity index (χ3v) is 4.05. The molecule has 2 aliphatic rings. The molecule has 1 heterocycles. The first kappa shape index (κ1) is 13.4. The second-order valence-electron chi connectivity index (χ2n) is 5.65. The molecule has 0 aromatic heterocycles. The normalized spacial score (nSPS) is 22.8. The molecule has 1 aliphatic heterocycles. The molecular weight excluding hydrogens is 252 g/mol. The van der Waals surface area contributed by atoms with E-state index in [9.17, 15) is 4.79 Å². The monoisotopic (exact) mass is 274 g/mol. The summed E-state index contributed by atoms with van der Waals surface area (Å²) in [6.07, 6.45) is 3.96. The van der Waals surface area contributed by atoms with Crippen LogP contribution in [0.4, 0.5) is 5.69 Å². The first-order valence-electron chi connectivity index (χ1n) is 7.54. The number of carbonyl (C=O) groups excluding carboxylic acids is 1. The first-order valence-corrected chi connectivity index (χ1v) is 7.54. The van der Waals surface area contributed by atoms with E-state index in [-0.39, 0.29) is 5.97 Å². The van der Waals surface area contributed by atoms with Crippen molar-refractivity contribution in [3.8, 4) is 0 Å². The Morgan fingerprint density at radius 3 is 2.70 bits per heavy atom. The highest BCUT2D eigenvalue weighted by atomic mass is 16.5. The zero-order valence-corrected chi connectivity index (χ0v) is 12.0. The van der Waals surface area contributed by atoms with Crippen molar-refractivity contribution >= 4 is 11.7 Å². The van der Waals surface area contributed by atoms with Gasteiger partial charge < -0.3 is 10.1 Å². The summed E-state index contributed by atoms with van der Waals surface area (Å²) in [5.41, 5.74) is 1.70. The van der Waals surface area contributed by atoms with Crippen LogP contribution in [0.3, 0.4) is 0 Å². The molecule has 0 spiro atoms. The Morgan fingerprint density at radius 2 is 2.05 bits per heavy atom. The van der Waals surface area contributed by atoms with E-state index in [0.29, 0.717) is 18.2 Å². The molecule has 1 atom stereocenters. The molecule has 1 saturated carbocycles. The molecule has 3 rings (SSSR count). The fraction of sp³-hybridized carbons (Fsp3) is 0.562. The SMILES string of the molecule is CCOC(=O)c1ccc(NC2CCN(C3CC3)C2)cc1. The van der Waals surface area contributed by atoms with E-state index in [4.69, 9.17) is 4.74 Å². The van der Waals surface area contributed by atoms with Crippen molar-refractivity contribution in [1.29, 1.82) is 0 Å². The van der Waals surface area contributed by atoms with Gasteiger partial charge in [0.25, 0.3) is 0 Å². The van der Waals surface area contributed by atoms with Gasteiger partial charge in [-0.1, -0.05) is 0 Å². The molecule has 1 aliphatic carbocycles. The van der Waals surface area contributed by atoms with Gasteiger partial charge in [-0.15, -0.1) is 0 Å². The van der Waals surface area contributed by atoms with Gasteiger partial charge in [-0.3, -0.25) is 4.90 Å². The summed E-state index contributed by atoms with van der Waals surface area (Å²) in [6, 6.07) is 8.97. The van der Waals surface area contributed by atoms with Crippen molar-refractivity contribution in [2.45, 2.75) is 38.3 Å². The third kappa shape index (κ3) is 3.12. The number of esters is 1. The second kappa shape index (κ2) is 5.83. The maximum absolute atomic E-state index is 11.6. The highest BCUT2D eigenvalue weighted by Gasteiger charge is 2.34. The number of carbonyl (C=O) groups is 1. The van der Waals surface area contributed by atoms with Crippen LogP contribution in [0.25, 0.3) is 0 Å². The lowest BCUT2D eigenvalue weighted by atomic mass is 10.2. The standard InChI is InChI=1S/C16H22N2O2/c1-2-20-16(19)12-3-5-13(6-4-12)17-14-9-10-18(11-14)15-7-8-15/h3-6,14-15,17H,2,7-11H2,1H3. The summed E-state index contributed by atoms with van der Waals surface area (Å²) < 4.78 is 4.98. The summed E-state index contributed by atoms with van der Waals surface area (Å²) in [4.78, 5) is 14.2. The molecule has 1 aromatic rings. The van der Waals surface area contributed by atoms with Gasteiger partial charge >= 0.3 is 5.97 Å². The van der Waals surface area contributed by atoms with Crippen LogP contribution in [-0.2, 0) is 4.74 Å². The molecule has 108 valence electrons. The van der Waals surface area contributed by atoms with E-state index < -0.39 is 0 Å². The maximum atomic E-state index is 11.6. The Balaban J connectivity index is 1.54. The zero-order chi connectivity index (χ0) is 13.9. The van der Waals surface area contributed by atoms with E-state index in [1.165, 1.54) is 25.8 Å². The summed E-state index contributed by atoms with van der Waals surface area (Å²) in [7, 11) is 0. The second-order valence-corrected chi connectivity index (χ2v) is 5.65. The lowest BCUT2D eigenvalue weighted by molar-refractivity contribution is 0.0526. The molecular formula is C16H22N2O2. The summed E-state index contributed by atoms with van der Waals surface area (Å²) in [6.45, 7) is 4.59. The van der Waals surface area contributed by atoms with Gasteiger partial charge in [0.2, 0.25) is 0 Å². The number of nitrogens with one attached hydrogen (secondary N) is 1. The molecule has 0 radical (unpaired) electrons. The van der Waals surface area contributed by atoms with Crippen molar-refractivity contribution in [1.82, 2.24) is 4.90 Å². The summed E-state index contributed by atoms with van der Waals surface area (Å²) >= 11 is 0. The average molecular weight is 274 g/mol. The predicted octanol–water partition coefficient (Wildman–Crippen LogP) is 2.51. The molecule has 0 bridgehead atoms. The van der Waals surface area contributed by atoms with Crippen LogP contribution in [0.15, 0.2) is 24.3 Å². The molecule has 1 saturated heterocycles. The van der Waals surface area contributed by atoms with Gasteiger partial charge in [-0.05, 0) is 50.5 Å². The number of hydrogen-bond acceptors (Lipinski definition) is 4. The van der Waals surface area contributed by atoms with Crippen LogP contribution in [-0.4, -0.2) is 42.6 Å². The minimum Gasteiger partial charge on any atom is -0.462 e. The minimum atomic E-state index is -0.250. The van der Waals surface area contributed by atoms with E-state index in [2.05, 4.69) is 10.2 Å². The Hall–Kier alpha value is -1.55. The van der Waals surface area contributed by atoms with Crippen LogP contribution >= 0.6 is 0 Å². The topological polar surface area (TPSA) is 41.6 Å². The van der Waals surface area contributed by atoms with E-state index in [1.54, 1.807) is 0 Å². The van der Waals surface area contributed by atoms with E-state index in [1.807, 2.05) is 31.2 Å². The molecule has 1 unspecified atom stereocenters. The number of nitrogens with zero attached hydrogens (tertiary/aromatic N) is 1. The molecule has 4 heteroatoms. The van der Waals surface area contributed by atoms with Crippen molar-refractivity contribution in [3.63, 3.8) is 0 Å². The zero-order valence-electron chi connectivity index (χ0n) is 12.0. The van der Waals surface area contributed by atoms with Crippen molar-refractivity contribution in [2.24, 2.45) is 0 Å². The number of benzene rings is 1. The van der Waals surface area contributed by atoms with Crippen LogP contribution in [0.2, 0.25) is 0 Å². The largest absolute Gasteiger partial charge is 0.462 e. The summed E-state index contributed by atoms with van der Waals surface area (Å²) in [5, 5.41) is 3.56. The highest BCUT2D eigenvalue weighted by Crippen LogP contribution is 2.30. The first-order chi connectivity index (χ1) is 9.76. The van der Waals surface area contributed by atoms with Crippen LogP contribution < -0.4 is 5.32 Å². The molecule has 0 amide bonds. The Labute approximate surface area is 120 Å². The van der Waals surface area contributed by atoms with Crippen LogP contribution in [0, 0.1) is 0 Å². The molecule has 20 heavy (non-hydrogen) atoms.